The summed E-state index contributed by atoms with van der Waals surface area (Å²) in [5.74, 6) is -1.40. The van der Waals surface area contributed by atoms with Crippen LogP contribution in [0.3, 0.4) is 0 Å². The van der Waals surface area contributed by atoms with Crippen molar-refractivity contribution in [2.24, 2.45) is 0 Å². The monoisotopic (exact) mass is 250 g/mol. The fourth-order valence-corrected chi connectivity index (χ4v) is 6.16. The molecular weight excluding hydrogens is 235 g/mol. The third-order valence-corrected chi connectivity index (χ3v) is 8.24. The smallest absolute Gasteiger partial charge is 0.309 e. The standard InChI is InChI=1S/C9H15O2PS2/c1-4-7-11-12(10,13-8-5-2)14-9-6-3/h4-6H,1-3,7-9H2. The highest BCUT2D eigenvalue weighted by atomic mass is 33.1. The molecule has 0 spiro atoms. The third-order valence-electron chi connectivity index (χ3n) is 1.05. The lowest BCUT2D eigenvalue weighted by Gasteiger charge is -2.14. The van der Waals surface area contributed by atoms with E-state index in [1.54, 1.807) is 18.2 Å². The third kappa shape index (κ3) is 6.55. The van der Waals surface area contributed by atoms with Gasteiger partial charge in [0, 0.05) is 11.5 Å². The van der Waals surface area contributed by atoms with Gasteiger partial charge in [0.05, 0.1) is 6.61 Å². The molecule has 0 fully saturated rings. The molecule has 0 atom stereocenters. The highest BCUT2D eigenvalue weighted by Crippen LogP contribution is 2.69. The molecule has 0 amide bonds. The van der Waals surface area contributed by atoms with Crippen LogP contribution in [-0.2, 0) is 9.09 Å². The summed E-state index contributed by atoms with van der Waals surface area (Å²) in [5, 5.41) is 0. The van der Waals surface area contributed by atoms with E-state index in [9.17, 15) is 4.57 Å². The molecule has 0 aliphatic carbocycles. The van der Waals surface area contributed by atoms with Crippen molar-refractivity contribution in [1.82, 2.24) is 0 Å². The summed E-state index contributed by atoms with van der Waals surface area (Å²) >= 11 is 2.57. The van der Waals surface area contributed by atoms with Crippen LogP contribution in [0.5, 0.6) is 0 Å². The Bertz CT molecular complexity index is 203. The molecule has 2 nitrogen and oxygen atoms in total. The second-order valence-electron chi connectivity index (χ2n) is 2.20. The van der Waals surface area contributed by atoms with Crippen LogP contribution in [-0.4, -0.2) is 18.1 Å². The van der Waals surface area contributed by atoms with E-state index in [4.69, 9.17) is 4.52 Å². The molecule has 0 bridgehead atoms. The first-order chi connectivity index (χ1) is 6.68. The Morgan fingerprint density at radius 2 is 1.57 bits per heavy atom. The first-order valence-electron chi connectivity index (χ1n) is 4.05. The van der Waals surface area contributed by atoms with E-state index in [1.165, 1.54) is 22.8 Å². The van der Waals surface area contributed by atoms with E-state index in [0.29, 0.717) is 18.1 Å². The first kappa shape index (κ1) is 14.1. The Morgan fingerprint density at radius 1 is 1.07 bits per heavy atom. The van der Waals surface area contributed by atoms with Gasteiger partial charge in [-0.1, -0.05) is 41.0 Å². The van der Waals surface area contributed by atoms with Crippen molar-refractivity contribution < 1.29 is 9.09 Å². The molecule has 80 valence electrons. The van der Waals surface area contributed by atoms with Crippen molar-refractivity contribution in [3.8, 4) is 0 Å². The van der Waals surface area contributed by atoms with Crippen LogP contribution in [0, 0.1) is 0 Å². The van der Waals surface area contributed by atoms with Gasteiger partial charge in [0.2, 0.25) is 0 Å². The van der Waals surface area contributed by atoms with E-state index in [-0.39, 0.29) is 0 Å². The summed E-state index contributed by atoms with van der Waals surface area (Å²) in [7, 11) is 0. The van der Waals surface area contributed by atoms with Gasteiger partial charge in [0.1, 0.15) is 0 Å². The molecule has 14 heavy (non-hydrogen) atoms. The van der Waals surface area contributed by atoms with Crippen molar-refractivity contribution in [1.29, 1.82) is 0 Å². The minimum absolute atomic E-state index is 0.311. The topological polar surface area (TPSA) is 26.3 Å². The van der Waals surface area contributed by atoms with Crippen molar-refractivity contribution in [3.63, 3.8) is 0 Å². The second kappa shape index (κ2) is 8.42. The van der Waals surface area contributed by atoms with Crippen molar-refractivity contribution in [2.45, 2.75) is 0 Å². The van der Waals surface area contributed by atoms with E-state index < -0.39 is 5.77 Å². The maximum Gasteiger partial charge on any atom is 0.314 e. The lowest BCUT2D eigenvalue weighted by molar-refractivity contribution is 0.379. The van der Waals surface area contributed by atoms with Crippen molar-refractivity contribution in [2.75, 3.05) is 18.1 Å². The molecule has 5 heteroatoms. The van der Waals surface area contributed by atoms with Crippen LogP contribution in [0.15, 0.2) is 38.0 Å². The van der Waals surface area contributed by atoms with Gasteiger partial charge in [-0.15, -0.1) is 19.7 Å². The largest absolute Gasteiger partial charge is 0.314 e. The molecule has 0 aliphatic heterocycles. The minimum atomic E-state index is -2.65. The van der Waals surface area contributed by atoms with E-state index >= 15 is 0 Å². The molecule has 0 rings (SSSR count). The lowest BCUT2D eigenvalue weighted by Crippen LogP contribution is -1.85. The van der Waals surface area contributed by atoms with Gasteiger partial charge < -0.3 is 4.52 Å². The summed E-state index contributed by atoms with van der Waals surface area (Å²) in [6, 6.07) is 0. The molecule has 0 aromatic heterocycles. The molecule has 0 N–H and O–H groups in total. The zero-order chi connectivity index (χ0) is 10.9. The fourth-order valence-electron chi connectivity index (χ4n) is 0.544. The predicted octanol–water partition coefficient (Wildman–Crippen LogP) is 4.14. The van der Waals surface area contributed by atoms with E-state index in [2.05, 4.69) is 19.7 Å². The SMILES string of the molecule is C=CCOP(=O)(SCC=C)SCC=C. The number of rotatable bonds is 9. The summed E-state index contributed by atoms with van der Waals surface area (Å²) in [4.78, 5) is 0. The Labute approximate surface area is 93.8 Å². The van der Waals surface area contributed by atoms with Crippen LogP contribution in [0.1, 0.15) is 0 Å². The van der Waals surface area contributed by atoms with Crippen LogP contribution in [0.4, 0.5) is 0 Å². The van der Waals surface area contributed by atoms with Crippen molar-refractivity contribution in [3.05, 3.63) is 38.0 Å². The summed E-state index contributed by atoms with van der Waals surface area (Å²) in [6.07, 6.45) is 5.02. The average Bonchev–Trinajstić information content (AvgIpc) is 2.21. The molecule has 0 radical (unpaired) electrons. The van der Waals surface area contributed by atoms with Gasteiger partial charge in [-0.05, 0) is 0 Å². The first-order valence-corrected chi connectivity index (χ1v) is 8.85. The van der Waals surface area contributed by atoms with Gasteiger partial charge in [-0.25, -0.2) is 0 Å². The highest BCUT2D eigenvalue weighted by Gasteiger charge is 2.22. The summed E-state index contributed by atoms with van der Waals surface area (Å²) in [6.45, 7) is 11.0. The zero-order valence-corrected chi connectivity index (χ0v) is 10.6. The Kier molecular flexibility index (Phi) is 8.49. The normalized spacial score (nSPS) is 10.9. The summed E-state index contributed by atoms with van der Waals surface area (Å²) < 4.78 is 17.3. The van der Waals surface area contributed by atoms with Gasteiger partial charge in [-0.2, -0.15) is 0 Å². The van der Waals surface area contributed by atoms with E-state index in [1.807, 2.05) is 0 Å². The van der Waals surface area contributed by atoms with Crippen molar-refractivity contribution >= 4 is 28.5 Å². The quantitative estimate of drug-likeness (QED) is 0.454. The van der Waals surface area contributed by atoms with Gasteiger partial charge in [0.15, 0.2) is 0 Å². The fraction of sp³-hybridized carbons (Fsp3) is 0.333. The van der Waals surface area contributed by atoms with Crippen LogP contribution >= 0.6 is 28.5 Å². The Balaban J connectivity index is 4.15. The molecular formula is C9H15O2PS2. The van der Waals surface area contributed by atoms with E-state index in [0.717, 1.165) is 0 Å². The molecule has 0 unspecified atom stereocenters. The van der Waals surface area contributed by atoms with Crippen LogP contribution < -0.4 is 0 Å². The lowest BCUT2D eigenvalue weighted by atomic mass is 10.7. The summed E-state index contributed by atoms with van der Waals surface area (Å²) in [5.41, 5.74) is 0. The maximum atomic E-state index is 12.1. The zero-order valence-electron chi connectivity index (χ0n) is 8.05. The van der Waals surface area contributed by atoms with Crippen LogP contribution in [0.25, 0.3) is 0 Å². The molecule has 0 saturated carbocycles. The molecule has 0 aliphatic rings. The Hall–Kier alpha value is 0.110. The van der Waals surface area contributed by atoms with Crippen LogP contribution in [0.2, 0.25) is 0 Å². The number of hydrogen-bond acceptors (Lipinski definition) is 4. The second-order valence-corrected chi connectivity index (χ2v) is 9.66. The predicted molar refractivity (Wildman–Crippen MR) is 69.1 cm³/mol. The minimum Gasteiger partial charge on any atom is -0.309 e. The molecule has 0 aromatic rings. The number of hydrogen-bond donors (Lipinski definition) is 0. The molecule has 0 saturated heterocycles. The van der Waals surface area contributed by atoms with Gasteiger partial charge in [-0.3, -0.25) is 4.57 Å². The van der Waals surface area contributed by atoms with Gasteiger partial charge >= 0.3 is 5.77 Å². The highest BCUT2D eigenvalue weighted by molar-refractivity contribution is 8.89. The Morgan fingerprint density at radius 3 is 1.93 bits per heavy atom. The maximum absolute atomic E-state index is 12.1. The molecule has 0 aromatic carbocycles. The average molecular weight is 250 g/mol. The molecule has 0 heterocycles. The van der Waals surface area contributed by atoms with Gasteiger partial charge in [0.25, 0.3) is 0 Å².